The van der Waals surface area contributed by atoms with Gasteiger partial charge >= 0.3 is 6.18 Å². The van der Waals surface area contributed by atoms with Gasteiger partial charge in [-0.3, -0.25) is 10.00 Å². The molecular formula is C13H20ClF3N4. The predicted molar refractivity (Wildman–Crippen MR) is 75.3 cm³/mol. The fourth-order valence-electron chi connectivity index (χ4n) is 3.36. The lowest BCUT2D eigenvalue weighted by Crippen LogP contribution is -2.38. The Morgan fingerprint density at radius 2 is 1.95 bits per heavy atom. The second kappa shape index (κ2) is 6.14. The second-order valence-corrected chi connectivity index (χ2v) is 5.99. The number of likely N-dealkylation sites (tertiary alicyclic amines) is 1. The van der Waals surface area contributed by atoms with E-state index in [9.17, 15) is 13.2 Å². The molecule has 0 saturated carbocycles. The van der Waals surface area contributed by atoms with Gasteiger partial charge in [-0.15, -0.1) is 12.4 Å². The van der Waals surface area contributed by atoms with Crippen molar-refractivity contribution in [3.63, 3.8) is 0 Å². The van der Waals surface area contributed by atoms with Gasteiger partial charge in [0.05, 0.1) is 0 Å². The third kappa shape index (κ3) is 3.70. The Kier molecular flexibility index (Phi) is 4.85. The summed E-state index contributed by atoms with van der Waals surface area (Å²) in [5.74, 6) is 0. The molecule has 4 nitrogen and oxygen atoms in total. The maximum atomic E-state index is 12.5. The third-order valence-corrected chi connectivity index (χ3v) is 4.50. The number of hydrogen-bond donors (Lipinski definition) is 2. The van der Waals surface area contributed by atoms with Crippen LogP contribution in [0.5, 0.6) is 0 Å². The van der Waals surface area contributed by atoms with Crippen LogP contribution < -0.4 is 5.32 Å². The van der Waals surface area contributed by atoms with E-state index in [0.717, 1.165) is 38.7 Å². The van der Waals surface area contributed by atoms with E-state index in [1.807, 2.05) is 0 Å². The minimum Gasteiger partial charge on any atom is -0.317 e. The smallest absolute Gasteiger partial charge is 0.317 e. The van der Waals surface area contributed by atoms with Crippen molar-refractivity contribution in [1.82, 2.24) is 20.4 Å². The Morgan fingerprint density at radius 1 is 1.24 bits per heavy atom. The summed E-state index contributed by atoms with van der Waals surface area (Å²) in [6.07, 6.45) is -0.883. The quantitative estimate of drug-likeness (QED) is 0.878. The topological polar surface area (TPSA) is 44.0 Å². The van der Waals surface area contributed by atoms with Crippen LogP contribution in [0.3, 0.4) is 0 Å². The summed E-state index contributed by atoms with van der Waals surface area (Å²) in [4.78, 5) is 2.24. The van der Waals surface area contributed by atoms with Gasteiger partial charge in [-0.1, -0.05) is 0 Å². The van der Waals surface area contributed by atoms with Gasteiger partial charge in [0.15, 0.2) is 5.69 Å². The molecule has 0 unspecified atom stereocenters. The fraction of sp³-hybridized carbons (Fsp3) is 0.769. The van der Waals surface area contributed by atoms with Crippen LogP contribution in [0.4, 0.5) is 13.2 Å². The van der Waals surface area contributed by atoms with Crippen LogP contribution in [-0.2, 0) is 12.7 Å². The van der Waals surface area contributed by atoms with Crippen LogP contribution in [0.25, 0.3) is 0 Å². The van der Waals surface area contributed by atoms with Gasteiger partial charge in [0.2, 0.25) is 0 Å². The highest BCUT2D eigenvalue weighted by Crippen LogP contribution is 2.39. The summed E-state index contributed by atoms with van der Waals surface area (Å²) in [5.41, 5.74) is 0.0876. The standard InChI is InChI=1S/C13H19F3N4.ClH/c14-13(15,16)11-7-10(18-19-11)8-20-6-3-12(9-20)1-4-17-5-2-12;/h7,17H,1-6,8-9H2,(H,18,19);1H. The number of alkyl halides is 3. The lowest BCUT2D eigenvalue weighted by Gasteiger charge is -2.33. The van der Waals surface area contributed by atoms with Gasteiger partial charge in [0, 0.05) is 18.8 Å². The number of nitrogens with one attached hydrogen (secondary N) is 2. The summed E-state index contributed by atoms with van der Waals surface area (Å²) in [6, 6.07) is 1.12. The minimum absolute atomic E-state index is 0. The number of H-pyrrole nitrogens is 1. The van der Waals surface area contributed by atoms with E-state index in [4.69, 9.17) is 0 Å². The molecule has 2 saturated heterocycles. The van der Waals surface area contributed by atoms with Crippen LogP contribution in [0, 0.1) is 5.41 Å². The van der Waals surface area contributed by atoms with Gasteiger partial charge in [-0.2, -0.15) is 18.3 Å². The van der Waals surface area contributed by atoms with Crippen molar-refractivity contribution in [3.05, 3.63) is 17.5 Å². The second-order valence-electron chi connectivity index (χ2n) is 5.99. The van der Waals surface area contributed by atoms with Crippen molar-refractivity contribution in [3.8, 4) is 0 Å². The first-order valence-corrected chi connectivity index (χ1v) is 7.02. The van der Waals surface area contributed by atoms with Crippen LogP contribution in [0.1, 0.15) is 30.7 Å². The normalized spacial score (nSPS) is 22.4. The largest absolute Gasteiger partial charge is 0.435 e. The Labute approximate surface area is 127 Å². The van der Waals surface area contributed by atoms with Crippen LogP contribution in [0.2, 0.25) is 0 Å². The Morgan fingerprint density at radius 3 is 2.57 bits per heavy atom. The molecule has 0 aliphatic carbocycles. The highest BCUT2D eigenvalue weighted by Gasteiger charge is 2.39. The molecule has 2 N–H and O–H groups in total. The summed E-state index contributed by atoms with van der Waals surface area (Å²) >= 11 is 0. The van der Waals surface area contributed by atoms with Crippen molar-refractivity contribution >= 4 is 12.4 Å². The van der Waals surface area contributed by atoms with E-state index in [0.29, 0.717) is 17.7 Å². The zero-order valence-corrected chi connectivity index (χ0v) is 12.5. The average molecular weight is 325 g/mol. The van der Waals surface area contributed by atoms with Gasteiger partial charge in [0.25, 0.3) is 0 Å². The molecule has 3 rings (SSSR count). The predicted octanol–water partition coefficient (Wildman–Crippen LogP) is 2.43. The average Bonchev–Trinajstić information content (AvgIpc) is 2.99. The number of hydrogen-bond acceptors (Lipinski definition) is 3. The van der Waals surface area contributed by atoms with E-state index in [2.05, 4.69) is 20.4 Å². The maximum absolute atomic E-state index is 12.5. The molecule has 0 aromatic carbocycles. The molecule has 2 fully saturated rings. The summed E-state index contributed by atoms with van der Waals surface area (Å²) in [5, 5.41) is 9.21. The molecule has 0 radical (unpaired) electrons. The first kappa shape index (κ1) is 16.6. The van der Waals surface area contributed by atoms with Gasteiger partial charge in [-0.05, 0) is 50.4 Å². The van der Waals surface area contributed by atoms with E-state index in [1.165, 1.54) is 12.8 Å². The molecular weight excluding hydrogens is 305 g/mol. The summed E-state index contributed by atoms with van der Waals surface area (Å²) in [6.45, 7) is 4.57. The molecule has 1 aromatic heterocycles. The maximum Gasteiger partial charge on any atom is 0.435 e. The summed E-state index contributed by atoms with van der Waals surface area (Å²) < 4.78 is 37.5. The molecule has 21 heavy (non-hydrogen) atoms. The zero-order chi connectivity index (χ0) is 14.2. The molecule has 0 amide bonds. The first-order valence-electron chi connectivity index (χ1n) is 7.02. The monoisotopic (exact) mass is 324 g/mol. The molecule has 1 aromatic rings. The molecule has 3 heterocycles. The van der Waals surface area contributed by atoms with Gasteiger partial charge < -0.3 is 5.32 Å². The molecule has 8 heteroatoms. The van der Waals surface area contributed by atoms with E-state index < -0.39 is 11.9 Å². The number of nitrogens with zero attached hydrogens (tertiary/aromatic N) is 2. The minimum atomic E-state index is -4.37. The number of halogens is 4. The Hall–Kier alpha value is -0.790. The number of aromatic amines is 1. The van der Waals surface area contributed by atoms with Crippen molar-refractivity contribution in [2.24, 2.45) is 5.41 Å². The van der Waals surface area contributed by atoms with Crippen molar-refractivity contribution in [1.29, 1.82) is 0 Å². The third-order valence-electron chi connectivity index (χ3n) is 4.50. The molecule has 120 valence electrons. The highest BCUT2D eigenvalue weighted by atomic mass is 35.5. The van der Waals surface area contributed by atoms with Crippen LogP contribution >= 0.6 is 12.4 Å². The first-order chi connectivity index (χ1) is 9.47. The van der Waals surface area contributed by atoms with Crippen LogP contribution in [-0.4, -0.2) is 41.3 Å². The van der Waals surface area contributed by atoms with Crippen LogP contribution in [0.15, 0.2) is 6.07 Å². The molecule has 2 aliphatic rings. The van der Waals surface area contributed by atoms with E-state index >= 15 is 0 Å². The fourth-order valence-corrected chi connectivity index (χ4v) is 3.36. The SMILES string of the molecule is Cl.FC(F)(F)c1cc(CN2CCC3(CCNCC3)C2)[nH]n1. The molecule has 1 spiro atoms. The Bertz CT molecular complexity index is 468. The summed E-state index contributed by atoms with van der Waals surface area (Å²) in [7, 11) is 0. The van der Waals surface area contributed by atoms with Gasteiger partial charge in [0.1, 0.15) is 0 Å². The molecule has 2 aliphatic heterocycles. The lowest BCUT2D eigenvalue weighted by molar-refractivity contribution is -0.141. The van der Waals surface area contributed by atoms with Gasteiger partial charge in [-0.25, -0.2) is 0 Å². The molecule has 0 atom stereocenters. The van der Waals surface area contributed by atoms with E-state index in [-0.39, 0.29) is 12.4 Å². The van der Waals surface area contributed by atoms with Crippen molar-refractivity contribution in [2.45, 2.75) is 32.0 Å². The van der Waals surface area contributed by atoms with Crippen molar-refractivity contribution in [2.75, 3.05) is 26.2 Å². The molecule has 0 bridgehead atoms. The van der Waals surface area contributed by atoms with Crippen molar-refractivity contribution < 1.29 is 13.2 Å². The number of rotatable bonds is 2. The number of aromatic nitrogens is 2. The Balaban J connectivity index is 0.00000161. The zero-order valence-electron chi connectivity index (χ0n) is 11.7. The highest BCUT2D eigenvalue weighted by molar-refractivity contribution is 5.85. The van der Waals surface area contributed by atoms with E-state index in [1.54, 1.807) is 0 Å². The number of piperidine rings is 1. The lowest BCUT2D eigenvalue weighted by atomic mass is 9.78.